The molecule has 0 bridgehead atoms. The molecular weight excluding hydrogens is 560 g/mol. The van der Waals surface area contributed by atoms with E-state index in [1.165, 1.54) is 11.0 Å². The maximum absolute atomic E-state index is 14.6. The maximum Gasteiger partial charge on any atom is 0.289 e. The molecule has 12 nitrogen and oxygen atoms in total. The zero-order valence-corrected chi connectivity index (χ0v) is 24.6. The molecule has 6 rings (SSSR count). The maximum atomic E-state index is 14.6. The van der Waals surface area contributed by atoms with Crippen molar-refractivity contribution in [3.8, 4) is 0 Å². The van der Waals surface area contributed by atoms with Gasteiger partial charge >= 0.3 is 0 Å². The molecule has 0 aromatic carbocycles. The number of aromatic nitrogens is 7. The Morgan fingerprint density at radius 2 is 2.07 bits per heavy atom. The third-order valence-electron chi connectivity index (χ3n) is 9.04. The van der Waals surface area contributed by atoms with E-state index < -0.39 is 23.8 Å². The summed E-state index contributed by atoms with van der Waals surface area (Å²) in [6.45, 7) is 6.30. The van der Waals surface area contributed by atoms with E-state index in [4.69, 9.17) is 19.8 Å². The standard InChI is InChI=1S/C29H39F2N9O3/c1-3-39-25(33-16-34-39)27(42)36-24(19-5-4-8-29(30,31)13-19)22-15-40-28(35-22)37-23(18-6-9-43-10-7-18)21(38-40)12-20-11-17(2)14-32-26(20)41/h15-20,24H,3-14H2,1-2H3,(H,32,41)(H,36,42)/t17-,19+,20+,24-/m0/s1. The summed E-state index contributed by atoms with van der Waals surface area (Å²) in [4.78, 5) is 39.9. The highest BCUT2D eigenvalue weighted by Gasteiger charge is 2.41. The number of halogens is 2. The van der Waals surface area contributed by atoms with Crippen LogP contribution in [0.2, 0.25) is 0 Å². The first kappa shape index (κ1) is 29.5. The van der Waals surface area contributed by atoms with Crippen molar-refractivity contribution in [1.29, 1.82) is 0 Å². The van der Waals surface area contributed by atoms with E-state index in [1.807, 2.05) is 6.92 Å². The van der Waals surface area contributed by atoms with Gasteiger partial charge in [0, 0.05) is 57.4 Å². The smallest absolute Gasteiger partial charge is 0.289 e. The average molecular weight is 600 g/mol. The summed E-state index contributed by atoms with van der Waals surface area (Å²) in [7, 11) is 0. The molecule has 1 saturated carbocycles. The molecule has 5 heterocycles. The van der Waals surface area contributed by atoms with Gasteiger partial charge in [-0.15, -0.1) is 0 Å². The van der Waals surface area contributed by atoms with Crippen molar-refractivity contribution in [1.82, 2.24) is 45.0 Å². The molecule has 43 heavy (non-hydrogen) atoms. The van der Waals surface area contributed by atoms with Crippen molar-refractivity contribution in [3.05, 3.63) is 35.4 Å². The van der Waals surface area contributed by atoms with Gasteiger partial charge < -0.3 is 15.4 Å². The van der Waals surface area contributed by atoms with Crippen LogP contribution in [0.4, 0.5) is 8.78 Å². The Hall–Kier alpha value is -3.55. The molecule has 1 aliphatic carbocycles. The quantitative estimate of drug-likeness (QED) is 0.402. The lowest BCUT2D eigenvalue weighted by Crippen LogP contribution is -2.41. The Morgan fingerprint density at radius 1 is 1.26 bits per heavy atom. The molecule has 2 saturated heterocycles. The number of nitrogens with one attached hydrogen (secondary N) is 2. The summed E-state index contributed by atoms with van der Waals surface area (Å²) in [6, 6.07) is -0.802. The fourth-order valence-electron chi connectivity index (χ4n) is 6.79. The monoisotopic (exact) mass is 599 g/mol. The zero-order valence-electron chi connectivity index (χ0n) is 24.6. The summed E-state index contributed by atoms with van der Waals surface area (Å²) in [5.74, 6) is -3.16. The van der Waals surface area contributed by atoms with Crippen LogP contribution in [0.5, 0.6) is 0 Å². The number of amides is 2. The van der Waals surface area contributed by atoms with E-state index in [0.717, 1.165) is 30.7 Å². The number of piperidine rings is 1. The van der Waals surface area contributed by atoms with Crippen LogP contribution in [0.25, 0.3) is 5.78 Å². The third kappa shape index (κ3) is 6.38. The van der Waals surface area contributed by atoms with Gasteiger partial charge in [-0.05, 0) is 50.9 Å². The molecule has 2 N–H and O–H groups in total. The van der Waals surface area contributed by atoms with Crippen molar-refractivity contribution in [3.63, 3.8) is 0 Å². The van der Waals surface area contributed by atoms with Gasteiger partial charge in [0.15, 0.2) is 0 Å². The van der Waals surface area contributed by atoms with E-state index in [1.54, 1.807) is 10.7 Å². The van der Waals surface area contributed by atoms with Crippen molar-refractivity contribution in [2.24, 2.45) is 17.8 Å². The molecule has 2 aliphatic heterocycles. The van der Waals surface area contributed by atoms with E-state index in [2.05, 4.69) is 27.6 Å². The van der Waals surface area contributed by atoms with Crippen molar-refractivity contribution in [2.45, 2.75) is 89.6 Å². The molecule has 0 spiro atoms. The summed E-state index contributed by atoms with van der Waals surface area (Å²) in [5.41, 5.74) is 1.95. The van der Waals surface area contributed by atoms with Gasteiger partial charge in [0.25, 0.3) is 11.7 Å². The van der Waals surface area contributed by atoms with Gasteiger partial charge in [0.1, 0.15) is 6.33 Å². The Bertz CT molecular complexity index is 1470. The van der Waals surface area contributed by atoms with Crippen LogP contribution in [-0.2, 0) is 22.5 Å². The van der Waals surface area contributed by atoms with Gasteiger partial charge in [0.05, 0.1) is 29.3 Å². The number of carbonyl (C=O) groups is 2. The molecule has 14 heteroatoms. The van der Waals surface area contributed by atoms with E-state index in [0.29, 0.717) is 63.0 Å². The van der Waals surface area contributed by atoms with Crippen molar-refractivity contribution in [2.75, 3.05) is 19.8 Å². The molecule has 2 amide bonds. The normalized spacial score (nSPS) is 25.4. The number of ether oxygens (including phenoxy) is 1. The van der Waals surface area contributed by atoms with Crippen LogP contribution in [0.3, 0.4) is 0 Å². The Kier molecular flexibility index (Phi) is 8.38. The van der Waals surface area contributed by atoms with Crippen LogP contribution in [0.15, 0.2) is 12.5 Å². The third-order valence-corrected chi connectivity index (χ3v) is 9.04. The van der Waals surface area contributed by atoms with E-state index >= 15 is 0 Å². The molecule has 232 valence electrons. The van der Waals surface area contributed by atoms with Crippen molar-refractivity contribution < 1.29 is 23.1 Å². The molecule has 3 aliphatic rings. The largest absolute Gasteiger partial charge is 0.381 e. The predicted octanol–water partition coefficient (Wildman–Crippen LogP) is 3.24. The second-order valence-electron chi connectivity index (χ2n) is 12.3. The summed E-state index contributed by atoms with van der Waals surface area (Å²) < 4.78 is 37.9. The Balaban J connectivity index is 1.37. The molecular formula is C29H39F2N9O3. The first-order valence-electron chi connectivity index (χ1n) is 15.4. The SMILES string of the molecule is CCn1ncnc1C(=O)N[C@H](c1cn2nc(C[C@H]3C[C@H](C)CNC3=O)c(C3CCOCC3)nc2n1)[C@@H]1CCCC(F)(F)C1. The van der Waals surface area contributed by atoms with Gasteiger partial charge in [-0.1, -0.05) is 6.92 Å². The number of hydrogen-bond donors (Lipinski definition) is 2. The van der Waals surface area contributed by atoms with Crippen LogP contribution < -0.4 is 10.6 Å². The first-order valence-corrected chi connectivity index (χ1v) is 15.4. The number of imidazole rings is 1. The van der Waals surface area contributed by atoms with Crippen LogP contribution in [0, 0.1) is 17.8 Å². The highest BCUT2D eigenvalue weighted by molar-refractivity contribution is 5.90. The number of nitrogens with zero attached hydrogens (tertiary/aromatic N) is 7. The van der Waals surface area contributed by atoms with Crippen LogP contribution >= 0.6 is 0 Å². The minimum absolute atomic E-state index is 0.0187. The lowest BCUT2D eigenvalue weighted by atomic mass is 9.80. The van der Waals surface area contributed by atoms with Gasteiger partial charge in [-0.2, -0.15) is 10.2 Å². The van der Waals surface area contributed by atoms with Gasteiger partial charge in [-0.25, -0.2) is 32.9 Å². The molecule has 0 radical (unpaired) electrons. The fourth-order valence-corrected chi connectivity index (χ4v) is 6.79. The highest BCUT2D eigenvalue weighted by Crippen LogP contribution is 2.42. The van der Waals surface area contributed by atoms with Crippen molar-refractivity contribution >= 4 is 17.6 Å². The number of rotatable bonds is 8. The van der Waals surface area contributed by atoms with Crippen LogP contribution in [0.1, 0.15) is 98.5 Å². The number of alkyl halides is 2. The van der Waals surface area contributed by atoms with Gasteiger partial charge in [0.2, 0.25) is 17.7 Å². The lowest BCUT2D eigenvalue weighted by Gasteiger charge is -2.34. The fraction of sp³-hybridized carbons (Fsp3) is 0.690. The van der Waals surface area contributed by atoms with Crippen LogP contribution in [-0.4, -0.2) is 71.8 Å². The Morgan fingerprint density at radius 3 is 2.84 bits per heavy atom. The minimum atomic E-state index is -2.83. The Labute approximate surface area is 248 Å². The minimum Gasteiger partial charge on any atom is -0.381 e. The summed E-state index contributed by atoms with van der Waals surface area (Å²) in [6.07, 6.45) is 6.08. The average Bonchev–Trinajstić information content (AvgIpc) is 3.64. The highest BCUT2D eigenvalue weighted by atomic mass is 19.3. The number of carbonyl (C=O) groups excluding carboxylic acids is 2. The molecule has 3 aromatic heterocycles. The molecule has 0 unspecified atom stereocenters. The zero-order chi connectivity index (χ0) is 30.1. The topological polar surface area (TPSA) is 141 Å². The predicted molar refractivity (Wildman–Crippen MR) is 150 cm³/mol. The lowest BCUT2D eigenvalue weighted by molar-refractivity contribution is -0.127. The number of aryl methyl sites for hydroxylation is 1. The summed E-state index contributed by atoms with van der Waals surface area (Å²) >= 11 is 0. The van der Waals surface area contributed by atoms with Gasteiger partial charge in [-0.3, -0.25) is 9.59 Å². The molecule has 3 fully saturated rings. The second-order valence-corrected chi connectivity index (χ2v) is 12.3. The number of fused-ring (bicyclic) bond motifs is 1. The van der Waals surface area contributed by atoms with E-state index in [9.17, 15) is 18.4 Å². The first-order chi connectivity index (χ1) is 20.7. The molecule has 3 aromatic rings. The number of hydrogen-bond acceptors (Lipinski definition) is 8. The summed E-state index contributed by atoms with van der Waals surface area (Å²) in [5, 5.41) is 14.9. The second kappa shape index (κ2) is 12.2. The molecule has 4 atom stereocenters. The van der Waals surface area contributed by atoms with E-state index in [-0.39, 0.29) is 36.4 Å².